The normalized spacial score (nSPS) is 12.7. The van der Waals surface area contributed by atoms with E-state index < -0.39 is 0 Å². The van der Waals surface area contributed by atoms with Crippen molar-refractivity contribution in [3.63, 3.8) is 0 Å². The lowest BCUT2D eigenvalue weighted by Crippen LogP contribution is -2.31. The van der Waals surface area contributed by atoms with Gasteiger partial charge >= 0.3 is 0 Å². The number of aliphatic hydroxyl groups excluding tert-OH is 1. The summed E-state index contributed by atoms with van der Waals surface area (Å²) in [5.74, 6) is 0.299. The first-order chi connectivity index (χ1) is 6.77. The summed E-state index contributed by atoms with van der Waals surface area (Å²) in [6, 6.07) is 7.32. The third kappa shape index (κ3) is 3.01. The number of phenols is 1. The van der Waals surface area contributed by atoms with Gasteiger partial charge in [0.25, 0.3) is 0 Å². The summed E-state index contributed by atoms with van der Waals surface area (Å²) >= 11 is 0. The van der Waals surface area contributed by atoms with Crippen LogP contribution in [-0.4, -0.2) is 22.9 Å². The van der Waals surface area contributed by atoms with Crippen LogP contribution in [0.1, 0.15) is 18.9 Å². The van der Waals surface area contributed by atoms with Gasteiger partial charge in [0.05, 0.1) is 6.61 Å². The van der Waals surface area contributed by atoms with E-state index in [1.807, 2.05) is 19.1 Å². The van der Waals surface area contributed by atoms with Crippen molar-refractivity contribution in [2.24, 2.45) is 0 Å². The minimum Gasteiger partial charge on any atom is -0.508 e. The summed E-state index contributed by atoms with van der Waals surface area (Å²) in [4.78, 5) is 0. The molecule has 3 nitrogen and oxygen atoms in total. The molecule has 0 saturated heterocycles. The molecule has 0 spiro atoms. The summed E-state index contributed by atoms with van der Waals surface area (Å²) < 4.78 is 0. The van der Waals surface area contributed by atoms with E-state index in [0.717, 1.165) is 12.0 Å². The Hall–Kier alpha value is -1.06. The molecule has 0 radical (unpaired) electrons. The van der Waals surface area contributed by atoms with Crippen molar-refractivity contribution >= 4 is 0 Å². The molecule has 1 unspecified atom stereocenters. The predicted molar refractivity (Wildman–Crippen MR) is 56.1 cm³/mol. The van der Waals surface area contributed by atoms with Crippen LogP contribution in [0.15, 0.2) is 24.3 Å². The summed E-state index contributed by atoms with van der Waals surface area (Å²) in [6.45, 7) is 2.73. The molecule has 0 aliphatic carbocycles. The van der Waals surface area contributed by atoms with Crippen molar-refractivity contribution in [3.8, 4) is 5.75 Å². The van der Waals surface area contributed by atoms with E-state index in [9.17, 15) is 5.11 Å². The van der Waals surface area contributed by atoms with Crippen LogP contribution in [0, 0.1) is 0 Å². The molecule has 3 heteroatoms. The van der Waals surface area contributed by atoms with Crippen LogP contribution >= 0.6 is 0 Å². The van der Waals surface area contributed by atoms with Crippen LogP contribution in [0.2, 0.25) is 0 Å². The largest absolute Gasteiger partial charge is 0.508 e. The SMILES string of the molecule is CCC(CO)NCc1ccccc1O. The lowest BCUT2D eigenvalue weighted by Gasteiger charge is -2.14. The number of phenolic OH excluding ortho intramolecular Hbond substituents is 1. The fraction of sp³-hybridized carbons (Fsp3) is 0.455. The number of para-hydroxylation sites is 1. The molecule has 0 aliphatic heterocycles. The number of rotatable bonds is 5. The molecule has 14 heavy (non-hydrogen) atoms. The molecule has 0 saturated carbocycles. The van der Waals surface area contributed by atoms with Crippen LogP contribution in [0.3, 0.4) is 0 Å². The van der Waals surface area contributed by atoms with E-state index in [4.69, 9.17) is 5.11 Å². The molecule has 0 fully saturated rings. The number of hydrogen-bond donors (Lipinski definition) is 3. The van der Waals surface area contributed by atoms with Gasteiger partial charge in [-0.15, -0.1) is 0 Å². The Kier molecular flexibility index (Phi) is 4.43. The zero-order valence-electron chi connectivity index (χ0n) is 8.40. The van der Waals surface area contributed by atoms with Gasteiger partial charge in [-0.25, -0.2) is 0 Å². The van der Waals surface area contributed by atoms with E-state index in [-0.39, 0.29) is 12.6 Å². The number of benzene rings is 1. The Morgan fingerprint density at radius 2 is 2.07 bits per heavy atom. The maximum Gasteiger partial charge on any atom is 0.120 e. The van der Waals surface area contributed by atoms with Crippen molar-refractivity contribution < 1.29 is 10.2 Å². The van der Waals surface area contributed by atoms with Crippen molar-refractivity contribution in [1.82, 2.24) is 5.32 Å². The van der Waals surface area contributed by atoms with Crippen molar-refractivity contribution in [1.29, 1.82) is 0 Å². The molecular weight excluding hydrogens is 178 g/mol. The molecule has 0 bridgehead atoms. The molecule has 0 aromatic heterocycles. The zero-order valence-corrected chi connectivity index (χ0v) is 8.40. The molecule has 1 aromatic rings. The molecule has 1 atom stereocenters. The Labute approximate surface area is 84.4 Å². The third-order valence-corrected chi connectivity index (χ3v) is 2.29. The number of nitrogens with one attached hydrogen (secondary N) is 1. The second-order valence-corrected chi connectivity index (χ2v) is 3.30. The third-order valence-electron chi connectivity index (χ3n) is 2.29. The Bertz CT molecular complexity index is 272. The molecule has 1 rings (SSSR count). The molecule has 0 aliphatic rings. The summed E-state index contributed by atoms with van der Waals surface area (Å²) in [7, 11) is 0. The van der Waals surface area contributed by atoms with Crippen LogP contribution in [0.25, 0.3) is 0 Å². The van der Waals surface area contributed by atoms with Gasteiger partial charge in [-0.1, -0.05) is 25.1 Å². The minimum atomic E-state index is 0.106. The second kappa shape index (κ2) is 5.62. The Morgan fingerprint density at radius 3 is 2.64 bits per heavy atom. The molecular formula is C11H17NO2. The highest BCUT2D eigenvalue weighted by molar-refractivity contribution is 5.31. The number of hydrogen-bond acceptors (Lipinski definition) is 3. The standard InChI is InChI=1S/C11H17NO2/c1-2-10(8-13)12-7-9-5-3-4-6-11(9)14/h3-6,10,12-14H,2,7-8H2,1H3. The highest BCUT2D eigenvalue weighted by atomic mass is 16.3. The summed E-state index contributed by atoms with van der Waals surface area (Å²) in [6.07, 6.45) is 0.879. The topological polar surface area (TPSA) is 52.5 Å². The monoisotopic (exact) mass is 195 g/mol. The van der Waals surface area contributed by atoms with Crippen molar-refractivity contribution in [2.75, 3.05) is 6.61 Å². The smallest absolute Gasteiger partial charge is 0.120 e. The molecule has 0 amide bonds. The van der Waals surface area contributed by atoms with Gasteiger partial charge in [0, 0.05) is 18.2 Å². The second-order valence-electron chi connectivity index (χ2n) is 3.30. The highest BCUT2D eigenvalue weighted by Crippen LogP contribution is 2.15. The van der Waals surface area contributed by atoms with Crippen LogP contribution < -0.4 is 5.32 Å². The number of aliphatic hydroxyl groups is 1. The van der Waals surface area contributed by atoms with E-state index in [1.165, 1.54) is 0 Å². The van der Waals surface area contributed by atoms with Gasteiger partial charge in [0.2, 0.25) is 0 Å². The highest BCUT2D eigenvalue weighted by Gasteiger charge is 2.04. The first-order valence-electron chi connectivity index (χ1n) is 4.89. The Morgan fingerprint density at radius 1 is 1.36 bits per heavy atom. The lowest BCUT2D eigenvalue weighted by atomic mass is 10.1. The maximum atomic E-state index is 9.47. The van der Waals surface area contributed by atoms with Crippen molar-refractivity contribution in [2.45, 2.75) is 25.9 Å². The fourth-order valence-corrected chi connectivity index (χ4v) is 1.25. The van der Waals surface area contributed by atoms with Gasteiger partial charge < -0.3 is 15.5 Å². The van der Waals surface area contributed by atoms with Gasteiger partial charge in [-0.05, 0) is 12.5 Å². The van der Waals surface area contributed by atoms with E-state index >= 15 is 0 Å². The van der Waals surface area contributed by atoms with Crippen molar-refractivity contribution in [3.05, 3.63) is 29.8 Å². The molecule has 78 valence electrons. The number of aromatic hydroxyl groups is 1. The quantitative estimate of drug-likeness (QED) is 0.663. The summed E-state index contributed by atoms with van der Waals surface area (Å²) in [5, 5.41) is 21.6. The average molecular weight is 195 g/mol. The van der Waals surface area contributed by atoms with Crippen LogP contribution in [0.5, 0.6) is 5.75 Å². The first-order valence-corrected chi connectivity index (χ1v) is 4.89. The van der Waals surface area contributed by atoms with Crippen LogP contribution in [-0.2, 0) is 6.54 Å². The minimum absolute atomic E-state index is 0.106. The average Bonchev–Trinajstić information content (AvgIpc) is 2.22. The van der Waals surface area contributed by atoms with E-state index in [2.05, 4.69) is 5.32 Å². The van der Waals surface area contributed by atoms with Gasteiger partial charge in [0.15, 0.2) is 0 Å². The Balaban J connectivity index is 2.49. The van der Waals surface area contributed by atoms with Gasteiger partial charge in [-0.2, -0.15) is 0 Å². The molecule has 3 N–H and O–H groups in total. The van der Waals surface area contributed by atoms with Gasteiger partial charge in [0.1, 0.15) is 5.75 Å². The van der Waals surface area contributed by atoms with Crippen LogP contribution in [0.4, 0.5) is 0 Å². The predicted octanol–water partition coefficient (Wildman–Crippen LogP) is 1.25. The fourth-order valence-electron chi connectivity index (χ4n) is 1.25. The zero-order chi connectivity index (χ0) is 10.4. The summed E-state index contributed by atoms with van der Waals surface area (Å²) in [5.41, 5.74) is 0.861. The maximum absolute atomic E-state index is 9.47. The lowest BCUT2D eigenvalue weighted by molar-refractivity contribution is 0.238. The van der Waals surface area contributed by atoms with E-state index in [1.54, 1.807) is 12.1 Å². The molecule has 1 aromatic carbocycles. The first kappa shape index (κ1) is 11.0. The van der Waals surface area contributed by atoms with E-state index in [0.29, 0.717) is 12.3 Å². The molecule has 0 heterocycles. The van der Waals surface area contributed by atoms with Gasteiger partial charge in [-0.3, -0.25) is 0 Å².